The fourth-order valence-corrected chi connectivity index (χ4v) is 5.08. The molecule has 0 bridgehead atoms. The van der Waals surface area contributed by atoms with Gasteiger partial charge in [-0.2, -0.15) is 0 Å². The summed E-state index contributed by atoms with van der Waals surface area (Å²) in [7, 11) is 0. The van der Waals surface area contributed by atoms with Crippen LogP contribution in [0.1, 0.15) is 59.3 Å². The average molecular weight is 592 g/mol. The number of aryl methyl sites for hydroxylation is 3. The van der Waals surface area contributed by atoms with E-state index in [4.69, 9.17) is 0 Å². The van der Waals surface area contributed by atoms with Crippen molar-refractivity contribution in [2.24, 2.45) is 0 Å². The zero-order valence-electron chi connectivity index (χ0n) is 21.2. The lowest BCUT2D eigenvalue weighted by atomic mass is 10.1. The van der Waals surface area contributed by atoms with E-state index in [9.17, 15) is 22.8 Å². The van der Waals surface area contributed by atoms with Crippen LogP contribution in [0.3, 0.4) is 0 Å². The van der Waals surface area contributed by atoms with Gasteiger partial charge in [0.05, 0.1) is 12.2 Å². The first kappa shape index (κ1) is 29.0. The minimum atomic E-state index is -4.80. The van der Waals surface area contributed by atoms with Gasteiger partial charge in [0.25, 0.3) is 11.8 Å². The number of nitrogens with one attached hydrogen (secondary N) is 2. The molecule has 40 heavy (non-hydrogen) atoms. The molecule has 0 aliphatic rings. The molecule has 3 heterocycles. The monoisotopic (exact) mass is 591 g/mol. The molecule has 0 atom stereocenters. The molecule has 0 saturated carbocycles. The van der Waals surface area contributed by atoms with Crippen molar-refractivity contribution in [3.63, 3.8) is 0 Å². The molecule has 2 N–H and O–H groups in total. The Morgan fingerprint density at radius 2 is 1.50 bits per heavy atom. The van der Waals surface area contributed by atoms with Gasteiger partial charge in [0.1, 0.15) is 15.8 Å². The summed E-state index contributed by atoms with van der Waals surface area (Å²) in [5.41, 5.74) is 1.95. The summed E-state index contributed by atoms with van der Waals surface area (Å²) < 4.78 is 41.4. The zero-order chi connectivity index (χ0) is 28.5. The van der Waals surface area contributed by atoms with Gasteiger partial charge in [-0.1, -0.05) is 34.8 Å². The molecule has 1 aromatic carbocycles. The highest BCUT2D eigenvalue weighted by Crippen LogP contribution is 2.25. The Labute approximate surface area is 235 Å². The van der Waals surface area contributed by atoms with Gasteiger partial charge in [0.2, 0.25) is 10.0 Å². The number of benzene rings is 1. The molecular formula is C25H24F3N7O3S2. The lowest BCUT2D eigenvalue weighted by Crippen LogP contribution is -2.23. The van der Waals surface area contributed by atoms with Crippen LogP contribution in [0.5, 0.6) is 5.75 Å². The molecular weight excluding hydrogens is 567 g/mol. The van der Waals surface area contributed by atoms with Gasteiger partial charge >= 0.3 is 6.36 Å². The lowest BCUT2D eigenvalue weighted by Gasteiger charge is -2.12. The molecule has 2 amide bonds. The predicted octanol–water partition coefficient (Wildman–Crippen LogP) is 4.42. The maximum absolute atomic E-state index is 12.5. The van der Waals surface area contributed by atoms with Gasteiger partial charge in [-0.05, 0) is 55.2 Å². The first-order valence-electron chi connectivity index (χ1n) is 12.1. The molecule has 0 aliphatic heterocycles. The third-order valence-corrected chi connectivity index (χ3v) is 7.47. The van der Waals surface area contributed by atoms with Crippen molar-refractivity contribution in [3.05, 3.63) is 79.4 Å². The van der Waals surface area contributed by atoms with E-state index in [0.29, 0.717) is 40.5 Å². The van der Waals surface area contributed by atoms with E-state index in [1.165, 1.54) is 29.5 Å². The van der Waals surface area contributed by atoms with Crippen molar-refractivity contribution >= 4 is 34.5 Å². The average Bonchev–Trinajstić information content (AvgIpc) is 3.60. The third-order valence-electron chi connectivity index (χ3n) is 5.50. The molecule has 0 unspecified atom stereocenters. The fraction of sp³-hybridized carbons (Fsp3) is 0.320. The Hall–Kier alpha value is -3.98. The summed E-state index contributed by atoms with van der Waals surface area (Å²) in [6.45, 7) is 2.04. The fourth-order valence-electron chi connectivity index (χ4n) is 3.48. The topological polar surface area (TPSA) is 132 Å². The van der Waals surface area contributed by atoms with Crippen LogP contribution in [-0.2, 0) is 25.9 Å². The second-order valence-corrected chi connectivity index (χ2v) is 10.7. The number of alkyl halides is 3. The number of amides is 2. The molecule has 210 valence electrons. The van der Waals surface area contributed by atoms with Gasteiger partial charge in [0, 0.05) is 25.6 Å². The van der Waals surface area contributed by atoms with Gasteiger partial charge < -0.3 is 15.4 Å². The summed E-state index contributed by atoms with van der Waals surface area (Å²) in [5, 5.41) is 23.4. The maximum atomic E-state index is 12.5. The van der Waals surface area contributed by atoms with Crippen LogP contribution in [0.15, 0.2) is 42.6 Å². The largest absolute Gasteiger partial charge is 0.573 e. The highest BCUT2D eigenvalue weighted by Gasteiger charge is 2.31. The first-order chi connectivity index (χ1) is 19.2. The number of ether oxygens (including phenoxy) is 1. The van der Waals surface area contributed by atoms with Crippen molar-refractivity contribution in [3.8, 4) is 5.75 Å². The molecule has 0 fully saturated rings. The lowest BCUT2D eigenvalue weighted by molar-refractivity contribution is -0.274. The molecule has 10 nitrogen and oxygen atoms in total. The molecule has 0 spiro atoms. The van der Waals surface area contributed by atoms with Crippen LogP contribution in [0.2, 0.25) is 0 Å². The zero-order valence-corrected chi connectivity index (χ0v) is 22.8. The van der Waals surface area contributed by atoms with Gasteiger partial charge in [0.15, 0.2) is 0 Å². The molecule has 4 aromatic rings. The number of unbranched alkanes of at least 4 members (excludes halogenated alkanes) is 1. The van der Waals surface area contributed by atoms with Crippen LogP contribution < -0.4 is 15.4 Å². The van der Waals surface area contributed by atoms with Crippen molar-refractivity contribution in [1.82, 2.24) is 36.0 Å². The molecule has 3 aromatic heterocycles. The quantitative estimate of drug-likeness (QED) is 0.232. The number of rotatable bonds is 12. The van der Waals surface area contributed by atoms with E-state index in [2.05, 4.69) is 40.7 Å². The normalized spacial score (nSPS) is 11.3. The molecule has 15 heteroatoms. The van der Waals surface area contributed by atoms with Crippen LogP contribution in [0, 0.1) is 6.92 Å². The molecule has 0 radical (unpaired) electrons. The first-order valence-corrected chi connectivity index (χ1v) is 13.8. The van der Waals surface area contributed by atoms with E-state index >= 15 is 0 Å². The van der Waals surface area contributed by atoms with Crippen LogP contribution in [0.4, 0.5) is 13.2 Å². The molecule has 0 aliphatic carbocycles. The number of carbonyl (C=O) groups excluding carboxylic acids is 2. The summed E-state index contributed by atoms with van der Waals surface area (Å²) >= 11 is 2.40. The van der Waals surface area contributed by atoms with E-state index in [-0.39, 0.29) is 23.2 Å². The van der Waals surface area contributed by atoms with E-state index in [1.807, 2.05) is 12.1 Å². The Morgan fingerprint density at radius 3 is 2.08 bits per heavy atom. The number of pyridine rings is 1. The summed E-state index contributed by atoms with van der Waals surface area (Å²) in [6, 6.07) is 9.42. The number of nitrogens with zero attached hydrogens (tertiary/aromatic N) is 5. The Balaban J connectivity index is 1.18. The Morgan fingerprint density at radius 1 is 0.875 bits per heavy atom. The standard InChI is InChI=1S/C25H24F3N7O3S2/c1-15-9-10-18(38-25(26,27)28)12-16(15)13-30-21(36)23-34-32-19(39-23)7-2-3-8-20-33-35-24(40-20)22(37)31-14-17-6-4-5-11-29-17/h4-6,9-12H,2-3,7-8,13-14H2,1H3,(H,30,36)(H,31,37). The third kappa shape index (κ3) is 8.77. The van der Waals surface area contributed by atoms with E-state index < -0.39 is 12.3 Å². The highest BCUT2D eigenvalue weighted by atomic mass is 32.1. The second-order valence-electron chi connectivity index (χ2n) is 8.53. The van der Waals surface area contributed by atoms with Crippen LogP contribution in [-0.4, -0.2) is 43.6 Å². The van der Waals surface area contributed by atoms with Crippen molar-refractivity contribution in [1.29, 1.82) is 0 Å². The van der Waals surface area contributed by atoms with Crippen LogP contribution in [0.25, 0.3) is 0 Å². The minimum Gasteiger partial charge on any atom is -0.406 e. The summed E-state index contributed by atoms with van der Waals surface area (Å²) in [5.74, 6) is -1.12. The SMILES string of the molecule is Cc1ccc(OC(F)(F)F)cc1CNC(=O)c1nnc(CCCCc2nnc(C(=O)NCc3ccccn3)s2)s1. The predicted molar refractivity (Wildman–Crippen MR) is 141 cm³/mol. The van der Waals surface area contributed by atoms with Gasteiger partial charge in [-0.3, -0.25) is 14.6 Å². The Bertz CT molecular complexity index is 1440. The number of hydrogen-bond donors (Lipinski definition) is 2. The maximum Gasteiger partial charge on any atom is 0.573 e. The van der Waals surface area contributed by atoms with Crippen LogP contribution >= 0.6 is 22.7 Å². The van der Waals surface area contributed by atoms with Crippen molar-refractivity contribution in [2.45, 2.75) is 52.1 Å². The van der Waals surface area contributed by atoms with Gasteiger partial charge in [-0.25, -0.2) is 0 Å². The number of halogens is 3. The summed E-state index contributed by atoms with van der Waals surface area (Å²) in [4.78, 5) is 28.9. The number of hydrogen-bond acceptors (Lipinski definition) is 10. The number of carbonyl (C=O) groups is 2. The van der Waals surface area contributed by atoms with Gasteiger partial charge in [-0.15, -0.1) is 33.6 Å². The van der Waals surface area contributed by atoms with E-state index in [1.54, 1.807) is 19.2 Å². The molecule has 0 saturated heterocycles. The summed E-state index contributed by atoms with van der Waals surface area (Å²) in [6.07, 6.45) is -0.336. The highest BCUT2D eigenvalue weighted by molar-refractivity contribution is 7.13. The van der Waals surface area contributed by atoms with Crippen molar-refractivity contribution in [2.75, 3.05) is 0 Å². The minimum absolute atomic E-state index is 0.0135. The van der Waals surface area contributed by atoms with E-state index in [0.717, 1.165) is 34.9 Å². The van der Waals surface area contributed by atoms with Crippen molar-refractivity contribution < 1.29 is 27.5 Å². The molecule has 4 rings (SSSR count). The Kier molecular flexibility index (Phi) is 9.71. The smallest absolute Gasteiger partial charge is 0.406 e. The number of aromatic nitrogens is 5. The second kappa shape index (κ2) is 13.4.